The molecule has 10 nitrogen and oxygen atoms in total. The van der Waals surface area contributed by atoms with Crippen molar-refractivity contribution in [1.29, 1.82) is 0 Å². The van der Waals surface area contributed by atoms with E-state index < -0.39 is 12.7 Å². The van der Waals surface area contributed by atoms with Crippen LogP contribution in [0.2, 0.25) is 0 Å². The van der Waals surface area contributed by atoms with Crippen LogP contribution in [-0.2, 0) is 13.1 Å². The fraction of sp³-hybridized carbons (Fsp3) is 0.531. The van der Waals surface area contributed by atoms with Crippen LogP contribution >= 0.6 is 0 Å². The van der Waals surface area contributed by atoms with Crippen LogP contribution in [0.15, 0.2) is 99.0 Å². The van der Waals surface area contributed by atoms with Crippen LogP contribution in [0.4, 0.5) is 5.82 Å². The van der Waals surface area contributed by atoms with Gasteiger partial charge in [-0.25, -0.2) is 4.79 Å². The van der Waals surface area contributed by atoms with Crippen molar-refractivity contribution in [2.24, 2.45) is 0 Å². The molecule has 0 radical (unpaired) electrons. The SMILES string of the molecule is CC(C)=CCC/C(C)=C/CC/C(C)=C/CC/C=C(\C)CC/C=C(\C)CC/C=C(\C)CCCN(C)Cc1ccc(Cn2c(=O)[nH]c3c(N)nc(OCC(O)CO)nc32)cc1. The Balaban J connectivity index is 1.32. The van der Waals surface area contributed by atoms with E-state index in [1.54, 1.807) is 0 Å². The van der Waals surface area contributed by atoms with Gasteiger partial charge in [-0.15, -0.1) is 0 Å². The van der Waals surface area contributed by atoms with E-state index in [-0.39, 0.29) is 30.7 Å². The number of H-pyrrole nitrogens is 1. The lowest BCUT2D eigenvalue weighted by atomic mass is 10.0. The first-order chi connectivity index (χ1) is 28.2. The molecule has 324 valence electrons. The van der Waals surface area contributed by atoms with Gasteiger partial charge in [0.25, 0.3) is 0 Å². The van der Waals surface area contributed by atoms with Crippen LogP contribution in [0.1, 0.15) is 137 Å². The average molecular weight is 811 g/mol. The maximum Gasteiger partial charge on any atom is 0.328 e. The summed E-state index contributed by atoms with van der Waals surface area (Å²) in [5.74, 6) is 0.0661. The van der Waals surface area contributed by atoms with E-state index in [1.165, 1.54) is 50.0 Å². The Hall–Kier alpha value is -4.51. The monoisotopic (exact) mass is 811 g/mol. The molecule has 10 heteroatoms. The van der Waals surface area contributed by atoms with Crippen molar-refractivity contribution in [3.05, 3.63) is 116 Å². The van der Waals surface area contributed by atoms with Gasteiger partial charge < -0.3 is 30.6 Å². The quantitative estimate of drug-likeness (QED) is 0.0440. The number of imidazole rings is 1. The van der Waals surface area contributed by atoms with E-state index in [1.807, 2.05) is 12.1 Å². The second-order valence-electron chi connectivity index (χ2n) is 16.7. The van der Waals surface area contributed by atoms with Crippen LogP contribution in [0.25, 0.3) is 11.2 Å². The Morgan fingerprint density at radius 2 is 1.25 bits per heavy atom. The smallest absolute Gasteiger partial charge is 0.328 e. The molecule has 1 atom stereocenters. The lowest BCUT2D eigenvalue weighted by Gasteiger charge is -2.17. The average Bonchev–Trinajstić information content (AvgIpc) is 3.50. The lowest BCUT2D eigenvalue weighted by molar-refractivity contribution is 0.0506. The minimum Gasteiger partial charge on any atom is -0.461 e. The molecular formula is C49H74N6O4. The van der Waals surface area contributed by atoms with Crippen LogP contribution in [0.3, 0.4) is 0 Å². The Morgan fingerprint density at radius 1 is 0.763 bits per heavy atom. The number of unbranched alkanes of at least 4 members (excludes halogenated alkanes) is 1. The number of aromatic amines is 1. The number of fused-ring (bicyclic) bond motifs is 1. The van der Waals surface area contributed by atoms with E-state index in [9.17, 15) is 9.90 Å². The van der Waals surface area contributed by atoms with E-state index in [0.29, 0.717) is 11.2 Å². The van der Waals surface area contributed by atoms with Crippen molar-refractivity contribution < 1.29 is 14.9 Å². The van der Waals surface area contributed by atoms with Crippen LogP contribution in [-0.4, -0.2) is 67.5 Å². The van der Waals surface area contributed by atoms with Gasteiger partial charge in [0, 0.05) is 6.54 Å². The molecule has 0 amide bonds. The van der Waals surface area contributed by atoms with E-state index in [0.717, 1.165) is 89.3 Å². The molecule has 0 bridgehead atoms. The minimum absolute atomic E-state index is 0.0661. The molecule has 5 N–H and O–H groups in total. The molecular weight excluding hydrogens is 737 g/mol. The van der Waals surface area contributed by atoms with Crippen molar-refractivity contribution in [1.82, 2.24) is 24.4 Å². The van der Waals surface area contributed by atoms with Crippen LogP contribution in [0.5, 0.6) is 6.01 Å². The molecule has 2 heterocycles. The van der Waals surface area contributed by atoms with Gasteiger partial charge in [-0.1, -0.05) is 94.2 Å². The topological polar surface area (TPSA) is 143 Å². The summed E-state index contributed by atoms with van der Waals surface area (Å²) in [7, 11) is 2.15. The van der Waals surface area contributed by atoms with Crippen LogP contribution in [0, 0.1) is 0 Å². The summed E-state index contributed by atoms with van der Waals surface area (Å²) in [6.07, 6.45) is 26.9. The molecule has 3 aromatic rings. The minimum atomic E-state index is -1.08. The number of benzene rings is 1. The number of aliphatic hydroxyl groups excluding tert-OH is 2. The first-order valence-corrected chi connectivity index (χ1v) is 21.6. The zero-order chi connectivity index (χ0) is 43.2. The number of anilines is 1. The van der Waals surface area contributed by atoms with Gasteiger partial charge >= 0.3 is 11.7 Å². The standard InChI is InChI=1S/C49H74N6O4/c1-36(2)16-11-19-39(5)22-12-20-37(3)17-9-10-18-38(4)21-13-23-40(6)24-14-25-41(7)26-15-31-54(8)32-42-27-29-43(30-28-42)33-55-47-45(51-49(55)58)46(50)52-48(53-47)59-35-44(57)34-56/h16-18,22-23,25,27-30,44,56-57H,9-15,19-21,24,26,31-35H2,1-8H3,(H,51,58)(H2,50,52,53)/b37-17+,38-18+,39-22+,40-23+,41-25+. The fourth-order valence-electron chi connectivity index (χ4n) is 6.81. The number of hydrogen-bond donors (Lipinski definition) is 4. The van der Waals surface area contributed by atoms with Gasteiger partial charge in [0.1, 0.15) is 18.2 Å². The highest BCUT2D eigenvalue weighted by Gasteiger charge is 2.16. The molecule has 0 aliphatic rings. The number of allylic oxidation sites excluding steroid dienone is 12. The summed E-state index contributed by atoms with van der Waals surface area (Å²) in [6.45, 7) is 17.2. The molecule has 59 heavy (non-hydrogen) atoms. The lowest BCUT2D eigenvalue weighted by Crippen LogP contribution is -2.22. The third-order valence-electron chi connectivity index (χ3n) is 10.5. The van der Waals surface area contributed by atoms with Gasteiger partial charge in [-0.3, -0.25) is 4.57 Å². The van der Waals surface area contributed by atoms with Crippen LogP contribution < -0.4 is 16.2 Å². The Bertz CT molecular complexity index is 1970. The summed E-state index contributed by atoms with van der Waals surface area (Å²) in [6, 6.07) is 8.15. The molecule has 3 rings (SSSR count). The number of nitrogen functional groups attached to an aromatic ring is 1. The zero-order valence-corrected chi connectivity index (χ0v) is 37.4. The first kappa shape index (κ1) is 48.9. The van der Waals surface area contributed by atoms with E-state index >= 15 is 0 Å². The molecule has 1 unspecified atom stereocenters. The van der Waals surface area contributed by atoms with Crippen molar-refractivity contribution in [3.8, 4) is 6.01 Å². The first-order valence-electron chi connectivity index (χ1n) is 21.6. The third kappa shape index (κ3) is 19.4. The molecule has 0 fully saturated rings. The molecule has 1 aromatic carbocycles. The Kier molecular flexibility index (Phi) is 22.0. The van der Waals surface area contributed by atoms with Crippen molar-refractivity contribution >= 4 is 17.0 Å². The van der Waals surface area contributed by atoms with Gasteiger partial charge in [0.15, 0.2) is 11.5 Å². The normalized spacial score (nSPS) is 13.8. The van der Waals surface area contributed by atoms with Gasteiger partial charge in [-0.2, -0.15) is 9.97 Å². The summed E-state index contributed by atoms with van der Waals surface area (Å²) in [5, 5.41) is 18.6. The molecule has 0 aliphatic heterocycles. The van der Waals surface area contributed by atoms with Crippen molar-refractivity contribution in [2.75, 3.05) is 32.5 Å². The summed E-state index contributed by atoms with van der Waals surface area (Å²) < 4.78 is 6.86. The van der Waals surface area contributed by atoms with E-state index in [4.69, 9.17) is 15.6 Å². The van der Waals surface area contributed by atoms with Crippen molar-refractivity contribution in [2.45, 2.75) is 145 Å². The van der Waals surface area contributed by atoms with E-state index in [2.05, 4.69) is 124 Å². The number of hydrogen-bond acceptors (Lipinski definition) is 8. The highest BCUT2D eigenvalue weighted by molar-refractivity contribution is 5.82. The van der Waals surface area contributed by atoms with Gasteiger partial charge in [-0.05, 0) is 150 Å². The highest BCUT2D eigenvalue weighted by Crippen LogP contribution is 2.20. The number of aromatic nitrogens is 4. The van der Waals surface area contributed by atoms with Crippen molar-refractivity contribution in [3.63, 3.8) is 0 Å². The summed E-state index contributed by atoms with van der Waals surface area (Å²) >= 11 is 0. The summed E-state index contributed by atoms with van der Waals surface area (Å²) in [5.41, 5.74) is 17.3. The predicted octanol–water partition coefficient (Wildman–Crippen LogP) is 10.3. The third-order valence-corrected chi connectivity index (χ3v) is 10.5. The van der Waals surface area contributed by atoms with Gasteiger partial charge in [0.2, 0.25) is 0 Å². The molecule has 0 spiro atoms. The zero-order valence-electron chi connectivity index (χ0n) is 37.4. The summed E-state index contributed by atoms with van der Waals surface area (Å²) in [4.78, 5) is 26.2. The number of aliphatic hydroxyl groups is 2. The predicted molar refractivity (Wildman–Crippen MR) is 247 cm³/mol. The maximum absolute atomic E-state index is 12.8. The molecule has 0 saturated heterocycles. The maximum atomic E-state index is 12.8. The molecule has 0 saturated carbocycles. The number of ether oxygens (including phenoxy) is 1. The molecule has 2 aromatic heterocycles. The second kappa shape index (κ2) is 26.6. The number of nitrogens with one attached hydrogen (secondary N) is 1. The largest absolute Gasteiger partial charge is 0.461 e. The Labute approximate surface area is 354 Å². The molecule has 0 aliphatic carbocycles. The fourth-order valence-corrected chi connectivity index (χ4v) is 6.81. The number of rotatable bonds is 27. The number of nitrogens with two attached hydrogens (primary N) is 1. The highest BCUT2D eigenvalue weighted by atomic mass is 16.5. The number of nitrogens with zero attached hydrogens (tertiary/aromatic N) is 4. The Morgan fingerprint density at radius 3 is 1.78 bits per heavy atom. The van der Waals surface area contributed by atoms with Gasteiger partial charge in [0.05, 0.1) is 13.2 Å². The second-order valence-corrected chi connectivity index (χ2v) is 16.7.